The molecule has 0 unspecified atom stereocenters. The Morgan fingerprint density at radius 3 is 2.83 bits per heavy atom. The normalized spacial score (nSPS) is 17.7. The lowest BCUT2D eigenvalue weighted by Crippen LogP contribution is -2.37. The lowest BCUT2D eigenvalue weighted by atomic mass is 10.1. The Kier molecular flexibility index (Phi) is 4.60. The van der Waals surface area contributed by atoms with Crippen molar-refractivity contribution in [3.05, 3.63) is 11.2 Å². The number of rotatable bonds is 4. The molecule has 2 heterocycles. The fourth-order valence-corrected chi connectivity index (χ4v) is 2.20. The highest BCUT2D eigenvalue weighted by Crippen LogP contribution is 2.22. The molecule has 1 aromatic heterocycles. The minimum Gasteiger partial charge on any atom is -0.366 e. The molecular formula is C12H20ClN5. The molecular weight excluding hydrogens is 250 g/mol. The first kappa shape index (κ1) is 13.4. The number of nitrogens with one attached hydrogen (secondary N) is 2. The van der Waals surface area contributed by atoms with Crippen LogP contribution in [0.4, 0.5) is 11.8 Å². The first-order valence-electron chi connectivity index (χ1n) is 6.40. The molecule has 0 aliphatic carbocycles. The number of hydrogen-bond donors (Lipinski definition) is 2. The van der Waals surface area contributed by atoms with Gasteiger partial charge in [-0.2, -0.15) is 4.98 Å². The van der Waals surface area contributed by atoms with Crippen LogP contribution in [-0.4, -0.2) is 47.6 Å². The summed E-state index contributed by atoms with van der Waals surface area (Å²) in [4.78, 5) is 10.9. The second-order valence-electron chi connectivity index (χ2n) is 4.64. The van der Waals surface area contributed by atoms with Gasteiger partial charge < -0.3 is 15.5 Å². The quantitative estimate of drug-likeness (QED) is 0.876. The van der Waals surface area contributed by atoms with Gasteiger partial charge in [-0.1, -0.05) is 11.6 Å². The van der Waals surface area contributed by atoms with Crippen LogP contribution in [-0.2, 0) is 0 Å². The van der Waals surface area contributed by atoms with E-state index in [1.165, 1.54) is 0 Å². The van der Waals surface area contributed by atoms with Gasteiger partial charge >= 0.3 is 0 Å². The Morgan fingerprint density at radius 1 is 1.44 bits per heavy atom. The predicted molar refractivity (Wildman–Crippen MR) is 75.3 cm³/mol. The third-order valence-corrected chi connectivity index (χ3v) is 3.41. The van der Waals surface area contributed by atoms with Crippen LogP contribution in [0, 0.1) is 0 Å². The van der Waals surface area contributed by atoms with Crippen molar-refractivity contribution in [2.45, 2.75) is 25.8 Å². The van der Waals surface area contributed by atoms with Gasteiger partial charge in [0.15, 0.2) is 5.82 Å². The zero-order chi connectivity index (χ0) is 13.0. The third-order valence-electron chi connectivity index (χ3n) is 3.14. The Labute approximate surface area is 113 Å². The maximum Gasteiger partial charge on any atom is 0.224 e. The van der Waals surface area contributed by atoms with Crippen molar-refractivity contribution < 1.29 is 0 Å². The smallest absolute Gasteiger partial charge is 0.224 e. The number of hydrogen-bond acceptors (Lipinski definition) is 5. The minimum absolute atomic E-state index is 0.447. The molecule has 1 aromatic rings. The van der Waals surface area contributed by atoms with Gasteiger partial charge in [0.2, 0.25) is 5.95 Å². The number of anilines is 2. The summed E-state index contributed by atoms with van der Waals surface area (Å²) in [6.07, 6.45) is 3.88. The van der Waals surface area contributed by atoms with E-state index < -0.39 is 0 Å². The zero-order valence-electron chi connectivity index (χ0n) is 10.9. The van der Waals surface area contributed by atoms with E-state index in [1.807, 2.05) is 6.92 Å². The third kappa shape index (κ3) is 3.46. The summed E-state index contributed by atoms with van der Waals surface area (Å²) in [5.41, 5.74) is 0. The van der Waals surface area contributed by atoms with Crippen molar-refractivity contribution in [1.82, 2.24) is 14.9 Å². The highest BCUT2D eigenvalue weighted by Gasteiger charge is 2.18. The van der Waals surface area contributed by atoms with Crippen molar-refractivity contribution >= 4 is 23.4 Å². The van der Waals surface area contributed by atoms with Gasteiger partial charge in [0.25, 0.3) is 0 Å². The zero-order valence-corrected chi connectivity index (χ0v) is 11.7. The number of likely N-dealkylation sites (tertiary alicyclic amines) is 1. The van der Waals surface area contributed by atoms with Gasteiger partial charge in [0, 0.05) is 12.6 Å². The van der Waals surface area contributed by atoms with E-state index in [4.69, 9.17) is 11.6 Å². The summed E-state index contributed by atoms with van der Waals surface area (Å²) < 4.78 is 0. The predicted octanol–water partition coefficient (Wildman–Crippen LogP) is 2.07. The van der Waals surface area contributed by atoms with E-state index in [0.29, 0.717) is 17.0 Å². The van der Waals surface area contributed by atoms with Crippen molar-refractivity contribution in [3.8, 4) is 0 Å². The lowest BCUT2D eigenvalue weighted by Gasteiger charge is -2.30. The molecule has 1 saturated heterocycles. The molecule has 0 aromatic carbocycles. The van der Waals surface area contributed by atoms with Crippen molar-refractivity contribution in [2.75, 3.05) is 37.3 Å². The van der Waals surface area contributed by atoms with Crippen LogP contribution in [0.15, 0.2) is 6.20 Å². The van der Waals surface area contributed by atoms with E-state index in [-0.39, 0.29) is 0 Å². The van der Waals surface area contributed by atoms with Crippen LogP contribution in [0.3, 0.4) is 0 Å². The molecule has 2 N–H and O–H groups in total. The van der Waals surface area contributed by atoms with E-state index in [9.17, 15) is 0 Å². The second kappa shape index (κ2) is 6.20. The first-order chi connectivity index (χ1) is 8.69. The summed E-state index contributed by atoms with van der Waals surface area (Å²) in [6, 6.07) is 0.447. The summed E-state index contributed by atoms with van der Waals surface area (Å²) in [5.74, 6) is 1.36. The average molecular weight is 270 g/mol. The molecule has 0 amide bonds. The Balaban J connectivity index is 2.01. The summed E-state index contributed by atoms with van der Waals surface area (Å²) in [5, 5.41) is 7.09. The van der Waals surface area contributed by atoms with E-state index >= 15 is 0 Å². The van der Waals surface area contributed by atoms with Gasteiger partial charge in [0.1, 0.15) is 5.02 Å². The fourth-order valence-electron chi connectivity index (χ4n) is 2.06. The van der Waals surface area contributed by atoms with Crippen LogP contribution >= 0.6 is 11.6 Å². The molecule has 1 fully saturated rings. The monoisotopic (exact) mass is 269 g/mol. The first-order valence-corrected chi connectivity index (χ1v) is 6.78. The molecule has 5 nitrogen and oxygen atoms in total. The van der Waals surface area contributed by atoms with Crippen molar-refractivity contribution in [2.24, 2.45) is 0 Å². The standard InChI is InChI=1S/C12H20ClN5/c1-3-14-12-15-8-10(13)11(17-12)16-9-4-6-18(2)7-5-9/h8-9H,3-7H2,1-2H3,(H2,14,15,16,17). The van der Waals surface area contributed by atoms with E-state index in [1.54, 1.807) is 6.20 Å². The highest BCUT2D eigenvalue weighted by molar-refractivity contribution is 6.32. The number of halogens is 1. The molecule has 0 atom stereocenters. The van der Waals surface area contributed by atoms with Crippen LogP contribution in [0.1, 0.15) is 19.8 Å². The average Bonchev–Trinajstić information content (AvgIpc) is 2.36. The van der Waals surface area contributed by atoms with Crippen LogP contribution in [0.2, 0.25) is 5.02 Å². The summed E-state index contributed by atoms with van der Waals surface area (Å²) >= 11 is 6.12. The number of nitrogens with zero attached hydrogens (tertiary/aromatic N) is 3. The molecule has 1 aliphatic heterocycles. The second-order valence-corrected chi connectivity index (χ2v) is 5.05. The van der Waals surface area contributed by atoms with Gasteiger partial charge in [0.05, 0.1) is 6.20 Å². The van der Waals surface area contributed by atoms with Crippen molar-refractivity contribution in [1.29, 1.82) is 0 Å². The van der Waals surface area contributed by atoms with Crippen LogP contribution < -0.4 is 10.6 Å². The Bertz CT molecular complexity index is 390. The molecule has 100 valence electrons. The molecule has 0 spiro atoms. The van der Waals surface area contributed by atoms with Crippen molar-refractivity contribution in [3.63, 3.8) is 0 Å². The Morgan fingerprint density at radius 2 is 2.17 bits per heavy atom. The molecule has 2 rings (SSSR count). The number of aromatic nitrogens is 2. The summed E-state index contributed by atoms with van der Waals surface area (Å²) in [6.45, 7) is 5.04. The van der Waals surface area contributed by atoms with Gasteiger partial charge in [-0.15, -0.1) is 0 Å². The summed E-state index contributed by atoms with van der Waals surface area (Å²) in [7, 11) is 2.15. The van der Waals surface area contributed by atoms with E-state index in [0.717, 1.165) is 38.3 Å². The fraction of sp³-hybridized carbons (Fsp3) is 0.667. The van der Waals surface area contributed by atoms with Gasteiger partial charge in [-0.05, 0) is 39.9 Å². The molecule has 6 heteroatoms. The molecule has 18 heavy (non-hydrogen) atoms. The SMILES string of the molecule is CCNc1ncc(Cl)c(NC2CCN(C)CC2)n1. The maximum absolute atomic E-state index is 6.12. The largest absolute Gasteiger partial charge is 0.366 e. The van der Waals surface area contributed by atoms with Gasteiger partial charge in [-0.3, -0.25) is 0 Å². The topological polar surface area (TPSA) is 53.1 Å². The highest BCUT2D eigenvalue weighted by atomic mass is 35.5. The van der Waals surface area contributed by atoms with Gasteiger partial charge in [-0.25, -0.2) is 4.98 Å². The Hall–Kier alpha value is -1.07. The molecule has 0 saturated carbocycles. The minimum atomic E-state index is 0.447. The maximum atomic E-state index is 6.12. The van der Waals surface area contributed by atoms with Crippen LogP contribution in [0.5, 0.6) is 0 Å². The molecule has 1 aliphatic rings. The molecule has 0 bridgehead atoms. The molecule has 0 radical (unpaired) electrons. The van der Waals surface area contributed by atoms with Crippen LogP contribution in [0.25, 0.3) is 0 Å². The lowest BCUT2D eigenvalue weighted by molar-refractivity contribution is 0.263. The number of piperidine rings is 1. The van der Waals surface area contributed by atoms with E-state index in [2.05, 4.69) is 32.5 Å².